The summed E-state index contributed by atoms with van der Waals surface area (Å²) in [5.74, 6) is -1.02. The Morgan fingerprint density at radius 2 is 1.71 bits per heavy atom. The van der Waals surface area contributed by atoms with Gasteiger partial charge in [0.15, 0.2) is 0 Å². The van der Waals surface area contributed by atoms with Crippen molar-refractivity contribution >= 4 is 52.3 Å². The Morgan fingerprint density at radius 1 is 1.04 bits per heavy atom. The van der Waals surface area contributed by atoms with Gasteiger partial charge in [-0.25, -0.2) is 4.90 Å². The average molecular weight is 388 g/mol. The molecular formula is C17H17Cl3N2O2. The maximum atomic E-state index is 12.9. The largest absolute Gasteiger partial charge is 0.366 e. The van der Waals surface area contributed by atoms with E-state index < -0.39 is 11.8 Å². The number of carbonyl (C=O) groups excluding carboxylic acids is 2. The molecule has 3 rings (SSSR count). The van der Waals surface area contributed by atoms with Crippen molar-refractivity contribution in [1.29, 1.82) is 0 Å². The van der Waals surface area contributed by atoms with Crippen molar-refractivity contribution in [3.8, 4) is 0 Å². The summed E-state index contributed by atoms with van der Waals surface area (Å²) in [4.78, 5) is 28.3. The molecule has 1 heterocycles. The molecule has 0 radical (unpaired) electrons. The van der Waals surface area contributed by atoms with Crippen LogP contribution in [0.5, 0.6) is 0 Å². The first-order chi connectivity index (χ1) is 11.4. The van der Waals surface area contributed by atoms with Gasteiger partial charge in [-0.05, 0) is 25.0 Å². The Balaban J connectivity index is 1.94. The van der Waals surface area contributed by atoms with Gasteiger partial charge in [-0.3, -0.25) is 9.59 Å². The molecule has 0 spiro atoms. The van der Waals surface area contributed by atoms with Crippen LogP contribution in [0.1, 0.15) is 32.1 Å². The van der Waals surface area contributed by atoms with Gasteiger partial charge in [-0.1, -0.05) is 60.1 Å². The molecule has 128 valence electrons. The Bertz CT molecular complexity index is 727. The number of anilines is 1. The maximum Gasteiger partial charge on any atom is 0.283 e. The fourth-order valence-corrected chi connectivity index (χ4v) is 4.01. The van der Waals surface area contributed by atoms with Crippen LogP contribution < -0.4 is 4.90 Å². The topological polar surface area (TPSA) is 40.6 Å². The molecule has 1 aliphatic carbocycles. The average Bonchev–Trinajstić information content (AvgIpc) is 2.80. The molecule has 24 heavy (non-hydrogen) atoms. The molecule has 0 bridgehead atoms. The van der Waals surface area contributed by atoms with Gasteiger partial charge in [-0.15, -0.1) is 0 Å². The number of amides is 2. The highest BCUT2D eigenvalue weighted by Crippen LogP contribution is 2.39. The van der Waals surface area contributed by atoms with Gasteiger partial charge in [0.1, 0.15) is 10.7 Å². The van der Waals surface area contributed by atoms with Crippen LogP contribution in [0.15, 0.2) is 28.9 Å². The molecule has 0 N–H and O–H groups in total. The van der Waals surface area contributed by atoms with E-state index in [9.17, 15) is 9.59 Å². The summed E-state index contributed by atoms with van der Waals surface area (Å²) in [6.45, 7) is 0. The number of hydrogen-bond acceptors (Lipinski definition) is 3. The van der Waals surface area contributed by atoms with E-state index in [4.69, 9.17) is 34.8 Å². The number of benzene rings is 1. The summed E-state index contributed by atoms with van der Waals surface area (Å²) in [7, 11) is 1.82. The minimum Gasteiger partial charge on any atom is -0.366 e. The van der Waals surface area contributed by atoms with E-state index in [1.165, 1.54) is 6.42 Å². The minimum atomic E-state index is -0.566. The van der Waals surface area contributed by atoms with Gasteiger partial charge in [0.2, 0.25) is 0 Å². The first-order valence-corrected chi connectivity index (χ1v) is 9.02. The van der Waals surface area contributed by atoms with Crippen molar-refractivity contribution in [3.63, 3.8) is 0 Å². The summed E-state index contributed by atoms with van der Waals surface area (Å²) in [6, 6.07) is 5.04. The number of halogens is 3. The Hall–Kier alpha value is -1.23. The monoisotopic (exact) mass is 386 g/mol. The van der Waals surface area contributed by atoms with E-state index in [1.54, 1.807) is 18.2 Å². The zero-order valence-corrected chi connectivity index (χ0v) is 15.5. The van der Waals surface area contributed by atoms with Crippen molar-refractivity contribution in [2.45, 2.75) is 38.1 Å². The predicted molar refractivity (Wildman–Crippen MR) is 96.5 cm³/mol. The van der Waals surface area contributed by atoms with Gasteiger partial charge in [0.05, 0.1) is 15.7 Å². The highest BCUT2D eigenvalue weighted by molar-refractivity contribution is 6.54. The van der Waals surface area contributed by atoms with E-state index in [0.717, 1.165) is 30.6 Å². The van der Waals surface area contributed by atoms with Crippen LogP contribution in [0, 0.1) is 0 Å². The van der Waals surface area contributed by atoms with Crippen molar-refractivity contribution in [1.82, 2.24) is 4.90 Å². The van der Waals surface area contributed by atoms with Crippen LogP contribution in [0.25, 0.3) is 0 Å². The molecule has 1 aliphatic heterocycles. The first kappa shape index (κ1) is 17.6. The first-order valence-electron chi connectivity index (χ1n) is 7.89. The third kappa shape index (κ3) is 2.92. The van der Waals surface area contributed by atoms with Crippen molar-refractivity contribution in [2.24, 2.45) is 0 Å². The molecule has 7 heteroatoms. The fraction of sp³-hybridized carbons (Fsp3) is 0.412. The van der Waals surface area contributed by atoms with E-state index in [1.807, 2.05) is 11.9 Å². The zero-order chi connectivity index (χ0) is 17.4. The van der Waals surface area contributed by atoms with Gasteiger partial charge >= 0.3 is 0 Å². The number of carbonyl (C=O) groups is 2. The molecule has 1 fully saturated rings. The Labute approximate surface area is 155 Å². The zero-order valence-electron chi connectivity index (χ0n) is 13.2. The molecule has 1 aromatic carbocycles. The van der Waals surface area contributed by atoms with Gasteiger partial charge in [-0.2, -0.15) is 0 Å². The van der Waals surface area contributed by atoms with E-state index >= 15 is 0 Å². The third-order valence-corrected chi connectivity index (χ3v) is 5.80. The second-order valence-corrected chi connectivity index (χ2v) is 7.25. The summed E-state index contributed by atoms with van der Waals surface area (Å²) >= 11 is 18.4. The van der Waals surface area contributed by atoms with Gasteiger partial charge in [0.25, 0.3) is 11.8 Å². The third-order valence-electron chi connectivity index (χ3n) is 4.65. The lowest BCUT2D eigenvalue weighted by molar-refractivity contribution is -0.121. The van der Waals surface area contributed by atoms with Crippen molar-refractivity contribution in [2.75, 3.05) is 11.9 Å². The lowest BCUT2D eigenvalue weighted by Crippen LogP contribution is -2.38. The summed E-state index contributed by atoms with van der Waals surface area (Å²) < 4.78 is 0. The summed E-state index contributed by atoms with van der Waals surface area (Å²) in [5, 5.41) is 0.371. The van der Waals surface area contributed by atoms with Crippen LogP contribution in [0.4, 0.5) is 5.69 Å². The summed E-state index contributed by atoms with van der Waals surface area (Å²) in [5.41, 5.74) is 0.494. The SMILES string of the molecule is CN(C1=C(Cl)C(=O)N(c2cccc(Cl)c2Cl)C1=O)C1CCCCC1. The lowest BCUT2D eigenvalue weighted by Gasteiger charge is -2.33. The summed E-state index contributed by atoms with van der Waals surface area (Å²) in [6.07, 6.45) is 5.42. The molecule has 1 aromatic rings. The second kappa shape index (κ2) is 6.95. The molecule has 2 aliphatic rings. The number of likely N-dealkylation sites (N-methyl/N-ethyl adjacent to an activating group) is 1. The smallest absolute Gasteiger partial charge is 0.283 e. The molecule has 0 aromatic heterocycles. The molecule has 2 amide bonds. The lowest BCUT2D eigenvalue weighted by atomic mass is 9.94. The van der Waals surface area contributed by atoms with E-state index in [-0.39, 0.29) is 32.5 Å². The molecule has 4 nitrogen and oxygen atoms in total. The van der Waals surface area contributed by atoms with Crippen LogP contribution >= 0.6 is 34.8 Å². The van der Waals surface area contributed by atoms with Crippen LogP contribution in [-0.4, -0.2) is 29.8 Å². The van der Waals surface area contributed by atoms with E-state index in [2.05, 4.69) is 0 Å². The number of rotatable bonds is 3. The normalized spacial score (nSPS) is 19.4. The van der Waals surface area contributed by atoms with Crippen LogP contribution in [0.3, 0.4) is 0 Å². The maximum absolute atomic E-state index is 12.9. The van der Waals surface area contributed by atoms with Crippen LogP contribution in [-0.2, 0) is 9.59 Å². The van der Waals surface area contributed by atoms with Crippen molar-refractivity contribution < 1.29 is 9.59 Å². The van der Waals surface area contributed by atoms with Gasteiger partial charge in [0, 0.05) is 13.1 Å². The molecule has 0 atom stereocenters. The Morgan fingerprint density at radius 3 is 2.38 bits per heavy atom. The number of imide groups is 1. The number of hydrogen-bond donors (Lipinski definition) is 0. The molecule has 0 unspecified atom stereocenters. The predicted octanol–water partition coefficient (Wildman–Crippen LogP) is 4.58. The minimum absolute atomic E-state index is 0.0656. The standard InChI is InChI=1S/C17H17Cl3N2O2/c1-21(10-6-3-2-4-7-10)15-14(20)16(23)22(17(15)24)12-9-5-8-11(18)13(12)19/h5,8-10H,2-4,6-7H2,1H3. The molecule has 0 saturated heterocycles. The Kier molecular flexibility index (Phi) is 5.09. The highest BCUT2D eigenvalue weighted by Gasteiger charge is 2.42. The fourth-order valence-electron chi connectivity index (χ4n) is 3.33. The second-order valence-electron chi connectivity index (χ2n) is 6.08. The van der Waals surface area contributed by atoms with E-state index in [0.29, 0.717) is 0 Å². The molecular weight excluding hydrogens is 371 g/mol. The molecule has 1 saturated carbocycles. The quantitative estimate of drug-likeness (QED) is 0.713. The van der Waals surface area contributed by atoms with Crippen LogP contribution in [0.2, 0.25) is 10.0 Å². The van der Waals surface area contributed by atoms with Gasteiger partial charge < -0.3 is 4.90 Å². The number of nitrogens with zero attached hydrogens (tertiary/aromatic N) is 2. The van der Waals surface area contributed by atoms with Crippen molar-refractivity contribution in [3.05, 3.63) is 39.0 Å². The highest BCUT2D eigenvalue weighted by atomic mass is 35.5.